The molecule has 0 N–H and O–H groups in total. The highest BCUT2D eigenvalue weighted by atomic mass is 31.2. The van der Waals surface area contributed by atoms with Crippen LogP contribution >= 0.6 is 15.2 Å². The van der Waals surface area contributed by atoms with Crippen LogP contribution in [0.1, 0.15) is 285 Å². The van der Waals surface area contributed by atoms with Crippen LogP contribution in [-0.2, 0) is 141 Å². The van der Waals surface area contributed by atoms with Crippen LogP contribution in [0.15, 0.2) is 0 Å². The highest BCUT2D eigenvalue weighted by molar-refractivity contribution is 7.54. The quantitative estimate of drug-likeness (QED) is 0.0403. The zero-order valence-electron chi connectivity index (χ0n) is 85.1. The Kier molecular flexibility index (Phi) is 117. The highest BCUT2D eigenvalue weighted by Crippen LogP contribution is 2.54. The average molecular weight is 1950 g/mol. The second kappa shape index (κ2) is 117. The van der Waals surface area contributed by atoms with E-state index in [1.165, 1.54) is 180 Å². The van der Waals surface area contributed by atoms with Crippen molar-refractivity contribution in [2.24, 2.45) is 0 Å². The van der Waals surface area contributed by atoms with Gasteiger partial charge in [0.25, 0.3) is 0 Å². The monoisotopic (exact) mass is 1950 g/mol. The lowest BCUT2D eigenvalue weighted by Gasteiger charge is -2.30. The number of methoxy groups -OCH3 is 1. The van der Waals surface area contributed by atoms with Crippen LogP contribution in [0.2, 0.25) is 0 Å². The van der Waals surface area contributed by atoms with Gasteiger partial charge >= 0.3 is 15.2 Å². The lowest BCUT2D eigenvalue weighted by atomic mass is 10.1. The molecule has 31 nitrogen and oxygen atoms in total. The fraction of sp³-hybridized carbons (Fsp3) is 1.00. The molecule has 0 heterocycles. The number of ether oxygens (including phenoxy) is 24. The van der Waals surface area contributed by atoms with Gasteiger partial charge in [0.05, 0.1) is 337 Å². The maximum Gasteiger partial charge on any atom is 0.344 e. The molecule has 0 unspecified atom stereocenters. The molecule has 0 atom stereocenters. The minimum atomic E-state index is -3.68. The van der Waals surface area contributed by atoms with E-state index in [1.807, 2.05) is 4.90 Å². The molecule has 794 valence electrons. The summed E-state index contributed by atoms with van der Waals surface area (Å²) in [5, 5.41) is 0. The summed E-state index contributed by atoms with van der Waals surface area (Å²) in [7, 11) is -5.72. The topological polar surface area (TPSA) is 296 Å². The van der Waals surface area contributed by atoms with E-state index >= 15 is 9.13 Å². The molecule has 0 aromatic rings. The van der Waals surface area contributed by atoms with E-state index in [-0.39, 0.29) is 12.6 Å². The highest BCUT2D eigenvalue weighted by Gasteiger charge is 2.35. The maximum absolute atomic E-state index is 15.1. The Labute approximate surface area is 804 Å². The van der Waals surface area contributed by atoms with Gasteiger partial charge < -0.3 is 132 Å². The fourth-order valence-electron chi connectivity index (χ4n) is 13.4. The number of unbranched alkanes of at least 4 members (excludes halogenated alkanes) is 36. The summed E-state index contributed by atoms with van der Waals surface area (Å²) >= 11 is 0. The minimum absolute atomic E-state index is 0.0236. The van der Waals surface area contributed by atoms with Crippen molar-refractivity contribution < 1.29 is 141 Å². The summed E-state index contributed by atoms with van der Waals surface area (Å²) < 4.78 is 190. The molecule has 0 aliphatic heterocycles. The van der Waals surface area contributed by atoms with Gasteiger partial charge in [-0.3, -0.25) is 14.0 Å². The molecule has 0 aromatic carbocycles. The Morgan fingerprint density at radius 3 is 0.386 bits per heavy atom. The molecule has 0 aromatic heterocycles. The van der Waals surface area contributed by atoms with Crippen LogP contribution in [0.25, 0.3) is 0 Å². The van der Waals surface area contributed by atoms with Crippen molar-refractivity contribution in [2.75, 3.05) is 363 Å². The van der Waals surface area contributed by atoms with Crippen LogP contribution in [0.3, 0.4) is 0 Å². The van der Waals surface area contributed by atoms with Crippen LogP contribution in [0.4, 0.5) is 0 Å². The van der Waals surface area contributed by atoms with Gasteiger partial charge in [-0.15, -0.1) is 0 Å². The molecule has 0 saturated carbocycles. The van der Waals surface area contributed by atoms with Gasteiger partial charge in [-0.2, -0.15) is 0 Å². The molecular formula is C99H203NO30P2. The van der Waals surface area contributed by atoms with E-state index in [0.29, 0.717) is 343 Å². The Bertz CT molecular complexity index is 2060. The van der Waals surface area contributed by atoms with Crippen molar-refractivity contribution >= 4 is 15.2 Å². The molecule has 0 amide bonds. The van der Waals surface area contributed by atoms with Crippen molar-refractivity contribution in [1.29, 1.82) is 0 Å². The van der Waals surface area contributed by atoms with E-state index in [1.54, 1.807) is 7.11 Å². The van der Waals surface area contributed by atoms with Gasteiger partial charge in [-0.25, -0.2) is 0 Å². The van der Waals surface area contributed by atoms with Gasteiger partial charge in [0.1, 0.15) is 12.6 Å². The minimum Gasteiger partial charge on any atom is -0.382 e. The van der Waals surface area contributed by atoms with Gasteiger partial charge in [-0.1, -0.05) is 259 Å². The van der Waals surface area contributed by atoms with Crippen molar-refractivity contribution in [1.82, 2.24) is 4.90 Å². The normalized spacial score (nSPS) is 12.2. The fourth-order valence-corrected chi connectivity index (χ4v) is 17.1. The first kappa shape index (κ1) is 131. The molecule has 0 aliphatic rings. The second-order valence-corrected chi connectivity index (χ2v) is 37.1. The van der Waals surface area contributed by atoms with E-state index in [0.717, 1.165) is 77.0 Å². The number of hydrogen-bond donors (Lipinski definition) is 0. The van der Waals surface area contributed by atoms with Crippen molar-refractivity contribution in [3.05, 3.63) is 0 Å². The van der Waals surface area contributed by atoms with Gasteiger partial charge in [0.15, 0.2) is 0 Å². The zero-order valence-corrected chi connectivity index (χ0v) is 86.8. The Balaban J connectivity index is 4.27. The molecule has 0 aliphatic carbocycles. The van der Waals surface area contributed by atoms with Crippen molar-refractivity contribution in [2.45, 2.75) is 285 Å². The predicted molar refractivity (Wildman–Crippen MR) is 524 cm³/mol. The summed E-state index contributed by atoms with van der Waals surface area (Å²) in [6, 6.07) is 0. The van der Waals surface area contributed by atoms with E-state index in [2.05, 4.69) is 27.7 Å². The summed E-state index contributed by atoms with van der Waals surface area (Å²) in [6.45, 7) is 33.1. The maximum atomic E-state index is 15.1. The first-order valence-electron chi connectivity index (χ1n) is 52.6. The lowest BCUT2D eigenvalue weighted by molar-refractivity contribution is -0.0319. The summed E-state index contributed by atoms with van der Waals surface area (Å²) in [5.74, 6) is 0. The van der Waals surface area contributed by atoms with Gasteiger partial charge in [0, 0.05) is 13.7 Å². The van der Waals surface area contributed by atoms with E-state index < -0.39 is 15.2 Å². The number of rotatable bonds is 124. The molecule has 0 fully saturated rings. The average Bonchev–Trinajstić information content (AvgIpc) is 0.844. The summed E-state index contributed by atoms with van der Waals surface area (Å²) in [6.07, 6.45) is 47.8. The first-order chi connectivity index (χ1) is 65.4. The smallest absolute Gasteiger partial charge is 0.344 e. The molecule has 0 bridgehead atoms. The van der Waals surface area contributed by atoms with E-state index in [9.17, 15) is 0 Å². The first-order valence-corrected chi connectivity index (χ1v) is 56.1. The van der Waals surface area contributed by atoms with Gasteiger partial charge in [0.2, 0.25) is 0 Å². The third kappa shape index (κ3) is 111. The van der Waals surface area contributed by atoms with Crippen LogP contribution in [0.5, 0.6) is 0 Å². The Morgan fingerprint density at radius 2 is 0.258 bits per heavy atom. The summed E-state index contributed by atoms with van der Waals surface area (Å²) in [4.78, 5) is 1.91. The largest absolute Gasteiger partial charge is 0.382 e. The lowest BCUT2D eigenvalue weighted by Crippen LogP contribution is -2.32. The predicted octanol–water partition coefficient (Wildman–Crippen LogP) is 19.4. The third-order valence-corrected chi connectivity index (χ3v) is 24.9. The molecule has 132 heavy (non-hydrogen) atoms. The van der Waals surface area contributed by atoms with Gasteiger partial charge in [-0.05, 0) is 25.7 Å². The number of nitrogens with zero attached hydrogens (tertiary/aromatic N) is 1. The van der Waals surface area contributed by atoms with Crippen molar-refractivity contribution in [3.8, 4) is 0 Å². The zero-order chi connectivity index (χ0) is 94.8. The second-order valence-electron chi connectivity index (χ2n) is 33.0. The molecular weight excluding hydrogens is 1750 g/mol. The Hall–Kier alpha value is -0.700. The van der Waals surface area contributed by atoms with E-state index in [4.69, 9.17) is 132 Å². The van der Waals surface area contributed by atoms with Crippen LogP contribution < -0.4 is 0 Å². The molecule has 0 rings (SSSR count). The van der Waals surface area contributed by atoms with Crippen LogP contribution in [-0.4, -0.2) is 368 Å². The number of hydrogen-bond acceptors (Lipinski definition) is 31. The Morgan fingerprint density at radius 1 is 0.144 bits per heavy atom. The summed E-state index contributed by atoms with van der Waals surface area (Å²) in [5.41, 5.74) is 0. The molecule has 0 radical (unpaired) electrons. The van der Waals surface area contributed by atoms with Crippen molar-refractivity contribution in [3.63, 3.8) is 0 Å². The standard InChI is InChI=1S/C99H203NO30P2/c1-6-10-14-18-22-26-30-34-38-42-47-127-131(101,128-48-43-39-35-31-27-23-19-15-11-7-2)98-100(99-132(102,129-49-44-40-36-32-28-24-20-16-12-8-3)130-50-45-41-37-33-29-25-21-17-13-9-4)46-51-104-54-55-106-58-59-108-62-63-110-66-67-112-70-71-114-74-75-116-78-79-118-82-83-120-86-87-122-90-91-124-94-95-126-97-96-125-93-92-123-89-88-121-85-84-119-81-80-117-77-76-115-73-72-113-69-68-111-65-64-109-61-60-107-57-56-105-53-52-103-5/h6-99H2,1-5H3. The molecule has 0 spiro atoms. The molecule has 0 saturated heterocycles. The van der Waals surface area contributed by atoms with Crippen LogP contribution in [0, 0.1) is 0 Å². The molecule has 33 heteroatoms. The third-order valence-electron chi connectivity index (χ3n) is 21.1. The SMILES string of the molecule is CCCCCCCCCCCCOP(=O)(CN(CCOCCOCCOCCOCCOCCOCCOCCOCCOCCOCCOCCOCCOCCOCCOCCOCCOCCOCCOCCOCCOCCOCCOCCOC)CP(=O)(OCCCCCCCCCCCC)OCCCCCCCCCCCC)OCCCCCCCCCCCC.